The number of likely N-dealkylation sites (tertiary alicyclic amines) is 1. The largest absolute Gasteiger partial charge is 0.361 e. The lowest BCUT2D eigenvalue weighted by Crippen LogP contribution is -2.62. The lowest BCUT2D eigenvalue weighted by Gasteiger charge is -2.47. The molecule has 2 fully saturated rings. The normalized spacial score (nSPS) is 22.5. The first-order valence-corrected chi connectivity index (χ1v) is 10.0. The summed E-state index contributed by atoms with van der Waals surface area (Å²) in [5, 5.41) is 12.2. The third-order valence-corrected chi connectivity index (χ3v) is 5.45. The van der Waals surface area contributed by atoms with Gasteiger partial charge >= 0.3 is 0 Å². The van der Waals surface area contributed by atoms with Gasteiger partial charge in [0, 0.05) is 12.2 Å². The van der Waals surface area contributed by atoms with Gasteiger partial charge in [0.25, 0.3) is 5.91 Å². The van der Waals surface area contributed by atoms with Gasteiger partial charge in [0.15, 0.2) is 5.82 Å². The van der Waals surface area contributed by atoms with E-state index in [-0.39, 0.29) is 30.9 Å². The van der Waals surface area contributed by atoms with Gasteiger partial charge in [0.1, 0.15) is 12.2 Å². The molecule has 2 aromatic rings. The number of piperidine rings is 1. The third kappa shape index (κ3) is 4.14. The average molecular weight is 398 g/mol. The highest BCUT2D eigenvalue weighted by atomic mass is 16.5. The molecule has 1 spiro atoms. The number of ether oxygens (including phenoxy) is 1. The fraction of sp³-hybridized carbons (Fsp3) is 0.550. The monoisotopic (exact) mass is 398 g/mol. The minimum Gasteiger partial charge on any atom is -0.361 e. The Balaban J connectivity index is 1.45. The molecule has 2 aliphatic heterocycles. The Morgan fingerprint density at radius 1 is 1.24 bits per heavy atom. The number of hydrogen-bond acceptors (Lipinski definition) is 6. The van der Waals surface area contributed by atoms with Crippen molar-refractivity contribution < 1.29 is 14.3 Å². The van der Waals surface area contributed by atoms with E-state index in [1.807, 2.05) is 44.2 Å². The zero-order valence-electron chi connectivity index (χ0n) is 16.8. The molecule has 29 heavy (non-hydrogen) atoms. The first-order valence-electron chi connectivity index (χ1n) is 10.0. The van der Waals surface area contributed by atoms with Crippen molar-refractivity contribution in [2.45, 2.75) is 44.8 Å². The van der Waals surface area contributed by atoms with Crippen molar-refractivity contribution in [3.05, 3.63) is 36.2 Å². The molecular formula is C20H26N6O3. The fourth-order valence-electron chi connectivity index (χ4n) is 3.91. The number of carbonyl (C=O) groups excluding carboxylic acids is 2. The minimum absolute atomic E-state index is 0.0290. The van der Waals surface area contributed by atoms with E-state index in [1.165, 1.54) is 4.80 Å². The standard InChI is InChI=1S/C20H26N6O3/c1-15(2)26-22-17(21-23-26)11-18(27)24-10-6-9-20(13-24)14-25(19(28)12-29-20)16-7-4-3-5-8-16/h3-5,7-8,15H,6,9-14H2,1-2H3. The van der Waals surface area contributed by atoms with Crippen molar-refractivity contribution in [3.8, 4) is 0 Å². The molecule has 1 atom stereocenters. The van der Waals surface area contributed by atoms with Crippen LogP contribution in [-0.4, -0.2) is 68.8 Å². The van der Waals surface area contributed by atoms with Crippen LogP contribution in [-0.2, 0) is 20.7 Å². The number of hydrogen-bond donors (Lipinski definition) is 0. The fourth-order valence-corrected chi connectivity index (χ4v) is 3.91. The summed E-state index contributed by atoms with van der Waals surface area (Å²) in [5.74, 6) is 0.327. The van der Waals surface area contributed by atoms with Gasteiger partial charge in [-0.25, -0.2) is 0 Å². The molecule has 2 aliphatic rings. The first-order chi connectivity index (χ1) is 14.0. The predicted octanol–water partition coefficient (Wildman–Crippen LogP) is 1.22. The second-order valence-electron chi connectivity index (χ2n) is 8.00. The topological polar surface area (TPSA) is 93.5 Å². The Hall–Kier alpha value is -2.81. The number of nitrogens with zero attached hydrogens (tertiary/aromatic N) is 6. The number of carbonyl (C=O) groups is 2. The maximum absolute atomic E-state index is 12.9. The molecule has 2 amide bonds. The van der Waals surface area contributed by atoms with E-state index in [9.17, 15) is 9.59 Å². The number of morpholine rings is 1. The molecule has 9 heteroatoms. The van der Waals surface area contributed by atoms with Gasteiger partial charge < -0.3 is 14.5 Å². The third-order valence-electron chi connectivity index (χ3n) is 5.45. The van der Waals surface area contributed by atoms with E-state index < -0.39 is 5.60 Å². The van der Waals surface area contributed by atoms with Gasteiger partial charge in [0.05, 0.1) is 25.6 Å². The van der Waals surface area contributed by atoms with Crippen LogP contribution < -0.4 is 4.90 Å². The van der Waals surface area contributed by atoms with E-state index in [2.05, 4.69) is 15.4 Å². The van der Waals surface area contributed by atoms with Gasteiger partial charge in [-0.15, -0.1) is 10.2 Å². The van der Waals surface area contributed by atoms with Crippen molar-refractivity contribution >= 4 is 17.5 Å². The van der Waals surface area contributed by atoms with Gasteiger partial charge in [-0.05, 0) is 44.0 Å². The Bertz CT molecular complexity index is 883. The summed E-state index contributed by atoms with van der Waals surface area (Å²) >= 11 is 0. The van der Waals surface area contributed by atoms with Crippen molar-refractivity contribution in [2.24, 2.45) is 0 Å². The Labute approximate surface area is 169 Å². The van der Waals surface area contributed by atoms with Crippen LogP contribution in [0.5, 0.6) is 0 Å². The second kappa shape index (κ2) is 7.90. The summed E-state index contributed by atoms with van der Waals surface area (Å²) in [4.78, 5) is 30.4. The van der Waals surface area contributed by atoms with Crippen LogP contribution in [0, 0.1) is 0 Å². The summed E-state index contributed by atoms with van der Waals surface area (Å²) in [7, 11) is 0. The molecule has 4 rings (SSSR count). The molecular weight excluding hydrogens is 372 g/mol. The summed E-state index contributed by atoms with van der Waals surface area (Å²) in [5.41, 5.74) is 0.318. The molecule has 154 valence electrons. The Kier molecular flexibility index (Phi) is 5.31. The molecule has 1 aromatic heterocycles. The predicted molar refractivity (Wildman–Crippen MR) is 105 cm³/mol. The molecule has 3 heterocycles. The number of para-hydroxylation sites is 1. The summed E-state index contributed by atoms with van der Waals surface area (Å²) in [6.07, 6.45) is 1.76. The first kappa shape index (κ1) is 19.5. The van der Waals surface area contributed by atoms with Crippen LogP contribution in [0.3, 0.4) is 0 Å². The second-order valence-corrected chi connectivity index (χ2v) is 8.00. The van der Waals surface area contributed by atoms with Crippen LogP contribution in [0.25, 0.3) is 0 Å². The average Bonchev–Trinajstić information content (AvgIpc) is 3.20. The lowest BCUT2D eigenvalue weighted by molar-refractivity contribution is -0.153. The highest BCUT2D eigenvalue weighted by Gasteiger charge is 2.44. The highest BCUT2D eigenvalue weighted by Crippen LogP contribution is 2.32. The molecule has 1 unspecified atom stereocenters. The number of tetrazole rings is 1. The van der Waals surface area contributed by atoms with Gasteiger partial charge in [0.2, 0.25) is 5.91 Å². The molecule has 0 bridgehead atoms. The van der Waals surface area contributed by atoms with Gasteiger partial charge in [-0.3, -0.25) is 9.59 Å². The summed E-state index contributed by atoms with van der Waals surface area (Å²) < 4.78 is 6.00. The number of aromatic nitrogens is 4. The van der Waals surface area contributed by atoms with Gasteiger partial charge in [-0.1, -0.05) is 18.2 Å². The number of rotatable bonds is 4. The molecule has 0 aliphatic carbocycles. The van der Waals surface area contributed by atoms with E-state index in [1.54, 1.807) is 9.80 Å². The molecule has 0 radical (unpaired) electrons. The quantitative estimate of drug-likeness (QED) is 0.769. The van der Waals surface area contributed by atoms with Crippen molar-refractivity contribution in [3.63, 3.8) is 0 Å². The SMILES string of the molecule is CC(C)n1nnc(CC(=O)N2CCCC3(C2)CN(c2ccccc2)C(=O)CO3)n1. The van der Waals surface area contributed by atoms with E-state index in [4.69, 9.17) is 4.74 Å². The van der Waals surface area contributed by atoms with Crippen LogP contribution in [0.4, 0.5) is 5.69 Å². The smallest absolute Gasteiger partial charge is 0.253 e. The van der Waals surface area contributed by atoms with Crippen molar-refractivity contribution in [2.75, 3.05) is 31.1 Å². The number of amides is 2. The maximum Gasteiger partial charge on any atom is 0.253 e. The van der Waals surface area contributed by atoms with Crippen LogP contribution in [0.1, 0.15) is 38.6 Å². The summed E-state index contributed by atoms with van der Waals surface area (Å²) in [6.45, 7) is 5.52. The Morgan fingerprint density at radius 2 is 2.03 bits per heavy atom. The van der Waals surface area contributed by atoms with Crippen molar-refractivity contribution in [1.29, 1.82) is 0 Å². The van der Waals surface area contributed by atoms with Crippen molar-refractivity contribution in [1.82, 2.24) is 25.1 Å². The minimum atomic E-state index is -0.541. The highest BCUT2D eigenvalue weighted by molar-refractivity contribution is 5.95. The number of benzene rings is 1. The molecule has 0 saturated carbocycles. The lowest BCUT2D eigenvalue weighted by atomic mass is 9.90. The molecule has 1 aromatic carbocycles. The summed E-state index contributed by atoms with van der Waals surface area (Å²) in [6, 6.07) is 9.70. The zero-order valence-corrected chi connectivity index (χ0v) is 16.8. The van der Waals surface area contributed by atoms with E-state index in [0.717, 1.165) is 18.5 Å². The molecule has 2 saturated heterocycles. The Morgan fingerprint density at radius 3 is 2.76 bits per heavy atom. The van der Waals surface area contributed by atoms with Gasteiger partial charge in [-0.2, -0.15) is 4.80 Å². The van der Waals surface area contributed by atoms with E-state index in [0.29, 0.717) is 25.5 Å². The number of anilines is 1. The zero-order chi connectivity index (χ0) is 20.4. The molecule has 9 nitrogen and oxygen atoms in total. The van der Waals surface area contributed by atoms with E-state index >= 15 is 0 Å². The molecule has 0 N–H and O–H groups in total. The maximum atomic E-state index is 12.9. The van der Waals surface area contributed by atoms with Crippen LogP contribution in [0.2, 0.25) is 0 Å². The van der Waals surface area contributed by atoms with Crippen LogP contribution >= 0.6 is 0 Å². The van der Waals surface area contributed by atoms with Crippen LogP contribution in [0.15, 0.2) is 30.3 Å².